The van der Waals surface area contributed by atoms with E-state index < -0.39 is 0 Å². The third-order valence-corrected chi connectivity index (χ3v) is 3.97. The van der Waals surface area contributed by atoms with E-state index in [2.05, 4.69) is 27.1 Å². The first kappa shape index (κ1) is 16.2. The summed E-state index contributed by atoms with van der Waals surface area (Å²) in [7, 11) is 2.16. The van der Waals surface area contributed by atoms with E-state index in [-0.39, 0.29) is 5.91 Å². The Morgan fingerprint density at radius 1 is 1.33 bits per heavy atom. The number of hydrogen-bond donors (Lipinski definition) is 1. The largest absolute Gasteiger partial charge is 0.351 e. The van der Waals surface area contributed by atoms with Crippen molar-refractivity contribution in [3.8, 4) is 0 Å². The van der Waals surface area contributed by atoms with Crippen LogP contribution in [0.25, 0.3) is 0 Å². The molecule has 2 rings (SSSR count). The molecule has 1 aliphatic heterocycles. The second-order valence-electron chi connectivity index (χ2n) is 5.47. The van der Waals surface area contributed by atoms with Crippen molar-refractivity contribution in [2.75, 3.05) is 46.3 Å². The first-order valence-corrected chi connectivity index (χ1v) is 7.83. The van der Waals surface area contributed by atoms with Gasteiger partial charge in [-0.1, -0.05) is 11.6 Å². The van der Waals surface area contributed by atoms with Gasteiger partial charge in [-0.15, -0.1) is 0 Å². The van der Waals surface area contributed by atoms with Crippen LogP contribution in [0.2, 0.25) is 5.02 Å². The van der Waals surface area contributed by atoms with E-state index in [0.29, 0.717) is 17.3 Å². The van der Waals surface area contributed by atoms with E-state index in [9.17, 15) is 4.79 Å². The van der Waals surface area contributed by atoms with Crippen LogP contribution in [0.3, 0.4) is 0 Å². The summed E-state index contributed by atoms with van der Waals surface area (Å²) in [5.41, 5.74) is 0.376. The monoisotopic (exact) mass is 310 g/mol. The molecule has 5 nitrogen and oxygen atoms in total. The van der Waals surface area contributed by atoms with Crippen molar-refractivity contribution in [1.29, 1.82) is 0 Å². The topological polar surface area (TPSA) is 48.5 Å². The lowest BCUT2D eigenvalue weighted by Crippen LogP contribution is -2.44. The Labute approximate surface area is 131 Å². The number of amides is 1. The van der Waals surface area contributed by atoms with Gasteiger partial charge in [-0.25, -0.2) is 0 Å². The lowest BCUT2D eigenvalue weighted by Gasteiger charge is -2.32. The van der Waals surface area contributed by atoms with Crippen molar-refractivity contribution in [1.82, 2.24) is 20.1 Å². The molecule has 0 radical (unpaired) electrons. The molecule has 0 aromatic carbocycles. The first-order valence-electron chi connectivity index (χ1n) is 7.46. The summed E-state index contributed by atoms with van der Waals surface area (Å²) in [4.78, 5) is 20.7. The number of pyridine rings is 1. The normalized spacial score (nSPS) is 16.9. The molecule has 1 fully saturated rings. The minimum atomic E-state index is -0.155. The third kappa shape index (κ3) is 5.61. The van der Waals surface area contributed by atoms with Gasteiger partial charge in [0.2, 0.25) is 0 Å². The molecule has 0 saturated carbocycles. The van der Waals surface area contributed by atoms with Crippen molar-refractivity contribution >= 4 is 17.5 Å². The van der Waals surface area contributed by atoms with Crippen molar-refractivity contribution in [2.24, 2.45) is 0 Å². The van der Waals surface area contributed by atoms with Gasteiger partial charge >= 0.3 is 0 Å². The summed E-state index contributed by atoms with van der Waals surface area (Å²) >= 11 is 5.84. The second kappa shape index (κ2) is 8.32. The van der Waals surface area contributed by atoms with Gasteiger partial charge in [-0.05, 0) is 38.6 Å². The molecule has 1 amide bonds. The van der Waals surface area contributed by atoms with E-state index >= 15 is 0 Å². The summed E-state index contributed by atoms with van der Waals surface area (Å²) in [5.74, 6) is -0.155. The predicted octanol–water partition coefficient (Wildman–Crippen LogP) is 1.49. The molecule has 0 atom stereocenters. The Morgan fingerprint density at radius 2 is 2.10 bits per heavy atom. The predicted molar refractivity (Wildman–Crippen MR) is 84.8 cm³/mol. The van der Waals surface area contributed by atoms with Gasteiger partial charge in [-0.2, -0.15) is 0 Å². The highest BCUT2D eigenvalue weighted by Gasteiger charge is 2.12. The van der Waals surface area contributed by atoms with Crippen LogP contribution < -0.4 is 5.32 Å². The average molecular weight is 311 g/mol. The Bertz CT molecular complexity index is 461. The molecule has 0 bridgehead atoms. The van der Waals surface area contributed by atoms with Crippen LogP contribution in [0.4, 0.5) is 0 Å². The number of halogens is 1. The molecule has 0 spiro atoms. The van der Waals surface area contributed by atoms with Crippen molar-refractivity contribution < 1.29 is 4.79 Å². The van der Waals surface area contributed by atoms with E-state index in [1.807, 2.05) is 0 Å². The fourth-order valence-electron chi connectivity index (χ4n) is 2.35. The maximum absolute atomic E-state index is 11.8. The highest BCUT2D eigenvalue weighted by atomic mass is 35.5. The van der Waals surface area contributed by atoms with E-state index in [1.165, 1.54) is 0 Å². The van der Waals surface area contributed by atoms with Gasteiger partial charge in [0.15, 0.2) is 0 Å². The zero-order valence-corrected chi connectivity index (χ0v) is 13.3. The number of piperazine rings is 1. The molecule has 6 heteroatoms. The van der Waals surface area contributed by atoms with Gasteiger partial charge in [0, 0.05) is 43.9 Å². The van der Waals surface area contributed by atoms with Crippen LogP contribution >= 0.6 is 11.6 Å². The van der Waals surface area contributed by atoms with Crippen LogP contribution in [0, 0.1) is 0 Å². The molecular formula is C15H23ClN4O. The maximum Gasteiger partial charge on any atom is 0.269 e. The fraction of sp³-hybridized carbons (Fsp3) is 0.600. The molecular weight excluding hydrogens is 288 g/mol. The SMILES string of the molecule is CN1CCN(CCCCNC(=O)c2cc(Cl)ccn2)CC1. The van der Waals surface area contributed by atoms with Gasteiger partial charge in [-0.3, -0.25) is 9.78 Å². The molecule has 0 aliphatic carbocycles. The highest BCUT2D eigenvalue weighted by molar-refractivity contribution is 6.30. The van der Waals surface area contributed by atoms with E-state index in [4.69, 9.17) is 11.6 Å². The molecule has 1 N–H and O–H groups in total. The van der Waals surface area contributed by atoms with Gasteiger partial charge < -0.3 is 15.1 Å². The number of nitrogens with zero attached hydrogens (tertiary/aromatic N) is 3. The molecule has 116 valence electrons. The average Bonchev–Trinajstić information content (AvgIpc) is 2.48. The Hall–Kier alpha value is -1.17. The van der Waals surface area contributed by atoms with Crippen LogP contribution in [0.15, 0.2) is 18.3 Å². The molecule has 21 heavy (non-hydrogen) atoms. The van der Waals surface area contributed by atoms with Crippen LogP contribution in [0.5, 0.6) is 0 Å². The molecule has 1 aromatic rings. The number of hydrogen-bond acceptors (Lipinski definition) is 4. The maximum atomic E-state index is 11.8. The lowest BCUT2D eigenvalue weighted by atomic mass is 10.2. The standard InChI is InChI=1S/C15H23ClN4O/c1-19-8-10-20(11-9-19)7-3-2-5-18-15(21)14-12-13(16)4-6-17-14/h4,6,12H,2-3,5,7-11H2,1H3,(H,18,21). The Kier molecular flexibility index (Phi) is 6.42. The summed E-state index contributed by atoms with van der Waals surface area (Å²) in [6.07, 6.45) is 3.64. The molecule has 1 aliphatic rings. The van der Waals surface area contributed by atoms with E-state index in [1.54, 1.807) is 18.3 Å². The number of nitrogens with one attached hydrogen (secondary N) is 1. The molecule has 2 heterocycles. The van der Waals surface area contributed by atoms with Crippen LogP contribution in [-0.2, 0) is 0 Å². The van der Waals surface area contributed by atoms with Gasteiger partial charge in [0.1, 0.15) is 5.69 Å². The van der Waals surface area contributed by atoms with Crippen LogP contribution in [0.1, 0.15) is 23.3 Å². The smallest absolute Gasteiger partial charge is 0.269 e. The van der Waals surface area contributed by atoms with Crippen molar-refractivity contribution in [3.63, 3.8) is 0 Å². The first-order chi connectivity index (χ1) is 10.1. The molecule has 0 unspecified atom stereocenters. The molecule has 1 saturated heterocycles. The zero-order valence-electron chi connectivity index (χ0n) is 12.5. The number of likely N-dealkylation sites (N-methyl/N-ethyl adjacent to an activating group) is 1. The third-order valence-electron chi connectivity index (χ3n) is 3.74. The Morgan fingerprint density at radius 3 is 2.81 bits per heavy atom. The number of unbranched alkanes of at least 4 members (excludes halogenated alkanes) is 1. The quantitative estimate of drug-likeness (QED) is 0.809. The van der Waals surface area contributed by atoms with Crippen molar-refractivity contribution in [2.45, 2.75) is 12.8 Å². The lowest BCUT2D eigenvalue weighted by molar-refractivity contribution is 0.0947. The number of carbonyl (C=O) groups is 1. The summed E-state index contributed by atoms with van der Waals surface area (Å²) in [5, 5.41) is 3.42. The summed E-state index contributed by atoms with van der Waals surface area (Å²) in [6.45, 7) is 6.39. The van der Waals surface area contributed by atoms with Gasteiger partial charge in [0.25, 0.3) is 5.91 Å². The second-order valence-corrected chi connectivity index (χ2v) is 5.90. The van der Waals surface area contributed by atoms with E-state index in [0.717, 1.165) is 45.6 Å². The molecule has 1 aromatic heterocycles. The minimum Gasteiger partial charge on any atom is -0.351 e. The summed E-state index contributed by atoms with van der Waals surface area (Å²) < 4.78 is 0. The van der Waals surface area contributed by atoms with Crippen LogP contribution in [-0.4, -0.2) is 67.0 Å². The van der Waals surface area contributed by atoms with Gasteiger partial charge in [0.05, 0.1) is 0 Å². The number of carbonyl (C=O) groups excluding carboxylic acids is 1. The highest BCUT2D eigenvalue weighted by Crippen LogP contribution is 2.07. The fourth-order valence-corrected chi connectivity index (χ4v) is 2.51. The minimum absolute atomic E-state index is 0.155. The Balaban J connectivity index is 1.58. The summed E-state index contributed by atoms with van der Waals surface area (Å²) in [6, 6.07) is 3.25. The number of rotatable bonds is 6. The number of aromatic nitrogens is 1. The zero-order chi connectivity index (χ0) is 15.1. The van der Waals surface area contributed by atoms with Crippen molar-refractivity contribution in [3.05, 3.63) is 29.0 Å².